The molecule has 0 bridgehead atoms. The first-order valence-electron chi connectivity index (χ1n) is 7.32. The highest BCUT2D eigenvalue weighted by atomic mass is 16.2. The molecule has 1 N–H and O–H groups in total. The zero-order valence-corrected chi connectivity index (χ0v) is 12.4. The highest BCUT2D eigenvalue weighted by molar-refractivity contribution is 6.06. The van der Waals surface area contributed by atoms with E-state index in [0.717, 1.165) is 4.90 Å². The molecule has 23 heavy (non-hydrogen) atoms. The number of imide groups is 2. The Kier molecular flexibility index (Phi) is 3.22. The predicted molar refractivity (Wildman–Crippen MR) is 72.4 cm³/mol. The molecule has 0 aromatic rings. The second kappa shape index (κ2) is 4.88. The maximum absolute atomic E-state index is 12.3. The number of hydrogen-bond donors (Lipinski definition) is 1. The van der Waals surface area contributed by atoms with Crippen LogP contribution in [0.3, 0.4) is 0 Å². The SMILES string of the molecule is CN1C(=O)[C@H]2CCC3(C[C@H]2C1=O)[C@@H](C#N)C(=O)NC(=O)[C@@H]3C#N. The molecule has 0 radical (unpaired) electrons. The number of carbonyl (C=O) groups is 4. The standard InChI is InChI=1S/C15H14N4O4/c1-19-13(22)7-2-3-15(4-8(7)14(19)23)9(5-16)11(20)18-12(21)10(15)6-17/h7-10H,2-4H2,1H3,(H,18,20,21)/t7-,8+,9-,10-/m0/s1. The van der Waals surface area contributed by atoms with Gasteiger partial charge in [-0.1, -0.05) is 0 Å². The summed E-state index contributed by atoms with van der Waals surface area (Å²) in [5, 5.41) is 20.8. The van der Waals surface area contributed by atoms with Crippen molar-refractivity contribution < 1.29 is 19.2 Å². The number of nitrogens with zero attached hydrogens (tertiary/aromatic N) is 3. The molecule has 1 aliphatic carbocycles. The molecule has 118 valence electrons. The molecule has 3 aliphatic rings. The third kappa shape index (κ3) is 1.81. The number of hydrogen-bond acceptors (Lipinski definition) is 6. The summed E-state index contributed by atoms with van der Waals surface area (Å²) in [7, 11) is 1.40. The summed E-state index contributed by atoms with van der Waals surface area (Å²) in [5.74, 6) is -5.63. The van der Waals surface area contributed by atoms with Crippen LogP contribution >= 0.6 is 0 Å². The fraction of sp³-hybridized carbons (Fsp3) is 0.600. The number of amides is 4. The fourth-order valence-electron chi connectivity index (χ4n) is 4.29. The molecular weight excluding hydrogens is 300 g/mol. The van der Waals surface area contributed by atoms with E-state index in [0.29, 0.717) is 0 Å². The maximum Gasteiger partial charge on any atom is 0.244 e. The molecule has 1 spiro atoms. The molecule has 2 heterocycles. The third-order valence-electron chi connectivity index (χ3n) is 5.48. The van der Waals surface area contributed by atoms with E-state index in [1.165, 1.54) is 7.05 Å². The number of rotatable bonds is 0. The monoisotopic (exact) mass is 314 g/mol. The highest BCUT2D eigenvalue weighted by Gasteiger charge is 2.62. The van der Waals surface area contributed by atoms with Crippen LogP contribution in [0.5, 0.6) is 0 Å². The smallest absolute Gasteiger partial charge is 0.244 e. The Morgan fingerprint density at radius 1 is 1.04 bits per heavy atom. The minimum atomic E-state index is -1.20. The summed E-state index contributed by atoms with van der Waals surface area (Å²) in [6, 6.07) is 3.78. The lowest BCUT2D eigenvalue weighted by Gasteiger charge is -2.47. The van der Waals surface area contributed by atoms with Crippen LogP contribution in [-0.2, 0) is 19.2 Å². The van der Waals surface area contributed by atoms with Gasteiger partial charge < -0.3 is 0 Å². The van der Waals surface area contributed by atoms with Crippen LogP contribution < -0.4 is 5.32 Å². The Bertz CT molecular complexity index is 684. The molecule has 3 rings (SSSR count). The van der Waals surface area contributed by atoms with Gasteiger partial charge in [0.2, 0.25) is 23.6 Å². The van der Waals surface area contributed by atoms with Crippen LogP contribution in [0, 0.1) is 51.7 Å². The summed E-state index contributed by atoms with van der Waals surface area (Å²) in [6.45, 7) is 0. The summed E-state index contributed by atoms with van der Waals surface area (Å²) >= 11 is 0. The van der Waals surface area contributed by atoms with Crippen molar-refractivity contribution >= 4 is 23.6 Å². The molecule has 4 atom stereocenters. The van der Waals surface area contributed by atoms with Gasteiger partial charge in [-0.25, -0.2) is 0 Å². The molecular formula is C15H14N4O4. The van der Waals surface area contributed by atoms with E-state index in [9.17, 15) is 29.7 Å². The molecule has 2 saturated heterocycles. The van der Waals surface area contributed by atoms with E-state index in [4.69, 9.17) is 0 Å². The molecule has 2 aliphatic heterocycles. The van der Waals surface area contributed by atoms with Crippen LogP contribution in [0.4, 0.5) is 0 Å². The van der Waals surface area contributed by atoms with E-state index in [-0.39, 0.29) is 31.1 Å². The molecule has 8 nitrogen and oxygen atoms in total. The maximum atomic E-state index is 12.3. The van der Waals surface area contributed by atoms with Crippen molar-refractivity contribution in [3.63, 3.8) is 0 Å². The number of nitriles is 2. The van der Waals surface area contributed by atoms with Gasteiger partial charge in [0.1, 0.15) is 11.8 Å². The lowest BCUT2D eigenvalue weighted by Crippen LogP contribution is -2.59. The van der Waals surface area contributed by atoms with Crippen molar-refractivity contribution in [3.05, 3.63) is 0 Å². The van der Waals surface area contributed by atoms with Gasteiger partial charge in [-0.05, 0) is 19.3 Å². The van der Waals surface area contributed by atoms with Gasteiger partial charge in [-0.15, -0.1) is 0 Å². The van der Waals surface area contributed by atoms with E-state index in [2.05, 4.69) is 5.32 Å². The van der Waals surface area contributed by atoms with Gasteiger partial charge in [0.05, 0.1) is 24.0 Å². The van der Waals surface area contributed by atoms with Crippen molar-refractivity contribution in [1.82, 2.24) is 10.2 Å². The molecule has 1 saturated carbocycles. The van der Waals surface area contributed by atoms with Crippen LogP contribution in [-0.4, -0.2) is 35.6 Å². The van der Waals surface area contributed by atoms with Crippen molar-refractivity contribution in [2.75, 3.05) is 7.05 Å². The van der Waals surface area contributed by atoms with Crippen LogP contribution in [0.1, 0.15) is 19.3 Å². The largest absolute Gasteiger partial charge is 0.294 e. The lowest BCUT2D eigenvalue weighted by atomic mass is 9.54. The third-order valence-corrected chi connectivity index (χ3v) is 5.48. The van der Waals surface area contributed by atoms with Gasteiger partial charge in [0.25, 0.3) is 0 Å². The van der Waals surface area contributed by atoms with Crippen molar-refractivity contribution in [2.45, 2.75) is 19.3 Å². The van der Waals surface area contributed by atoms with Crippen molar-refractivity contribution in [3.8, 4) is 12.1 Å². The van der Waals surface area contributed by atoms with Crippen LogP contribution in [0.15, 0.2) is 0 Å². The zero-order chi connectivity index (χ0) is 16.9. The first kappa shape index (κ1) is 15.2. The predicted octanol–water partition coefficient (Wildman–Crippen LogP) is -0.676. The zero-order valence-electron chi connectivity index (χ0n) is 12.4. The Hall–Kier alpha value is -2.74. The van der Waals surface area contributed by atoms with E-state index >= 15 is 0 Å². The van der Waals surface area contributed by atoms with Crippen molar-refractivity contribution in [1.29, 1.82) is 10.5 Å². The molecule has 4 amide bonds. The van der Waals surface area contributed by atoms with Gasteiger partial charge in [0.15, 0.2) is 0 Å². The lowest BCUT2D eigenvalue weighted by molar-refractivity contribution is -0.150. The Balaban J connectivity index is 2.06. The molecule has 0 aromatic heterocycles. The minimum absolute atomic E-state index is 0.0300. The van der Waals surface area contributed by atoms with E-state index < -0.39 is 40.9 Å². The highest BCUT2D eigenvalue weighted by Crippen LogP contribution is 2.55. The number of likely N-dealkylation sites (tertiary alicyclic amines) is 1. The normalized spacial score (nSPS) is 35.5. The topological polar surface area (TPSA) is 131 Å². The first-order chi connectivity index (χ1) is 10.9. The second-order valence-electron chi connectivity index (χ2n) is 6.40. The minimum Gasteiger partial charge on any atom is -0.294 e. The molecule has 3 fully saturated rings. The quantitative estimate of drug-likeness (QED) is 0.589. The van der Waals surface area contributed by atoms with E-state index in [1.54, 1.807) is 0 Å². The first-order valence-corrected chi connectivity index (χ1v) is 7.32. The summed E-state index contributed by atoms with van der Waals surface area (Å²) in [5.41, 5.74) is -1.20. The molecule has 0 unspecified atom stereocenters. The van der Waals surface area contributed by atoms with Crippen LogP contribution in [0.25, 0.3) is 0 Å². The van der Waals surface area contributed by atoms with Gasteiger partial charge >= 0.3 is 0 Å². The molecule has 0 aromatic carbocycles. The Labute approximate surface area is 132 Å². The number of piperidine rings is 1. The van der Waals surface area contributed by atoms with Crippen LogP contribution in [0.2, 0.25) is 0 Å². The number of nitrogens with one attached hydrogen (secondary N) is 1. The second-order valence-corrected chi connectivity index (χ2v) is 6.40. The van der Waals surface area contributed by atoms with Gasteiger partial charge in [-0.3, -0.25) is 29.4 Å². The summed E-state index contributed by atoms with van der Waals surface area (Å²) in [4.78, 5) is 49.5. The Morgan fingerprint density at radius 2 is 1.57 bits per heavy atom. The number of carbonyl (C=O) groups excluding carboxylic acids is 4. The average molecular weight is 314 g/mol. The molecule has 8 heteroatoms. The van der Waals surface area contributed by atoms with E-state index in [1.807, 2.05) is 12.1 Å². The number of fused-ring (bicyclic) bond motifs is 1. The van der Waals surface area contributed by atoms with Gasteiger partial charge in [-0.2, -0.15) is 10.5 Å². The summed E-state index contributed by atoms with van der Waals surface area (Å²) < 4.78 is 0. The average Bonchev–Trinajstić information content (AvgIpc) is 2.72. The van der Waals surface area contributed by atoms with Gasteiger partial charge in [0, 0.05) is 12.5 Å². The van der Waals surface area contributed by atoms with Crippen molar-refractivity contribution in [2.24, 2.45) is 29.1 Å². The summed E-state index contributed by atoms with van der Waals surface area (Å²) in [6.07, 6.45) is 0.537. The fourth-order valence-corrected chi connectivity index (χ4v) is 4.29. The Morgan fingerprint density at radius 3 is 2.09 bits per heavy atom.